The summed E-state index contributed by atoms with van der Waals surface area (Å²) < 4.78 is 30.3. The van der Waals surface area contributed by atoms with Crippen molar-refractivity contribution in [2.75, 3.05) is 12.3 Å². The van der Waals surface area contributed by atoms with Crippen molar-refractivity contribution >= 4 is 54.9 Å². The highest BCUT2D eigenvalue weighted by atomic mass is 35.5. The van der Waals surface area contributed by atoms with Crippen LogP contribution in [0.4, 0.5) is 0 Å². The molecule has 0 aliphatic heterocycles. The van der Waals surface area contributed by atoms with Crippen LogP contribution in [0, 0.1) is 0 Å². The fourth-order valence-corrected chi connectivity index (χ4v) is 6.17. The Labute approximate surface area is 193 Å². The summed E-state index contributed by atoms with van der Waals surface area (Å²) in [6, 6.07) is 21.9. The Morgan fingerprint density at radius 1 is 1.00 bits per heavy atom. The molecule has 1 N–H and O–H groups in total. The lowest BCUT2D eigenvalue weighted by Crippen LogP contribution is -2.26. The minimum absolute atomic E-state index is 0.110. The molecule has 1 heterocycles. The second kappa shape index (κ2) is 9.58. The van der Waals surface area contributed by atoms with Crippen molar-refractivity contribution in [2.45, 2.75) is 16.3 Å². The van der Waals surface area contributed by atoms with Crippen LogP contribution in [0.3, 0.4) is 0 Å². The molecule has 160 valence electrons. The SMILES string of the molecule is O=c1sc2cc(S(=O)(=O)NCCSc3ccc(Cl)cc3)ccc2n1Cc1ccccc1. The highest BCUT2D eigenvalue weighted by Gasteiger charge is 2.16. The number of hydrogen-bond acceptors (Lipinski definition) is 5. The molecule has 0 unspecified atom stereocenters. The zero-order chi connectivity index (χ0) is 21.8. The molecule has 3 aromatic carbocycles. The molecule has 9 heteroatoms. The van der Waals surface area contributed by atoms with Gasteiger partial charge in [-0.2, -0.15) is 0 Å². The van der Waals surface area contributed by atoms with Crippen LogP contribution < -0.4 is 9.60 Å². The van der Waals surface area contributed by atoms with Crippen molar-refractivity contribution in [3.05, 3.63) is 93.0 Å². The minimum Gasteiger partial charge on any atom is -0.294 e. The van der Waals surface area contributed by atoms with E-state index in [4.69, 9.17) is 11.6 Å². The highest BCUT2D eigenvalue weighted by Crippen LogP contribution is 2.23. The second-order valence-electron chi connectivity index (χ2n) is 6.77. The molecule has 0 saturated heterocycles. The molecule has 0 radical (unpaired) electrons. The number of hydrogen-bond donors (Lipinski definition) is 1. The van der Waals surface area contributed by atoms with E-state index in [-0.39, 0.29) is 9.77 Å². The molecule has 31 heavy (non-hydrogen) atoms. The maximum Gasteiger partial charge on any atom is 0.308 e. The Morgan fingerprint density at radius 2 is 1.74 bits per heavy atom. The lowest BCUT2D eigenvalue weighted by Gasteiger charge is -2.08. The average Bonchev–Trinajstić information content (AvgIpc) is 3.07. The summed E-state index contributed by atoms with van der Waals surface area (Å²) in [5.41, 5.74) is 1.75. The van der Waals surface area contributed by atoms with E-state index in [0.717, 1.165) is 27.3 Å². The average molecular weight is 491 g/mol. The van der Waals surface area contributed by atoms with Gasteiger partial charge in [0.15, 0.2) is 0 Å². The molecule has 1 aromatic heterocycles. The van der Waals surface area contributed by atoms with Crippen LogP contribution in [0.15, 0.2) is 87.4 Å². The van der Waals surface area contributed by atoms with Gasteiger partial charge in [0, 0.05) is 22.2 Å². The summed E-state index contributed by atoms with van der Waals surface area (Å²) in [6.07, 6.45) is 0. The zero-order valence-corrected chi connectivity index (χ0v) is 19.5. The second-order valence-corrected chi connectivity index (χ2v) is 11.1. The number of benzene rings is 3. The Morgan fingerprint density at radius 3 is 2.48 bits per heavy atom. The normalized spacial score (nSPS) is 11.8. The molecule has 0 aliphatic carbocycles. The van der Waals surface area contributed by atoms with E-state index in [1.54, 1.807) is 46.7 Å². The third-order valence-corrected chi connectivity index (χ3v) is 8.28. The van der Waals surface area contributed by atoms with Crippen LogP contribution in [-0.4, -0.2) is 25.3 Å². The molecular formula is C22H19ClN2O3S3. The first-order chi connectivity index (χ1) is 14.9. The minimum atomic E-state index is -3.66. The third-order valence-electron chi connectivity index (χ3n) is 4.61. The lowest BCUT2D eigenvalue weighted by molar-refractivity contribution is 0.584. The molecule has 5 nitrogen and oxygen atoms in total. The Kier molecular flexibility index (Phi) is 6.83. The van der Waals surface area contributed by atoms with Gasteiger partial charge < -0.3 is 0 Å². The van der Waals surface area contributed by atoms with Crippen molar-refractivity contribution in [3.63, 3.8) is 0 Å². The molecule has 0 amide bonds. The molecule has 4 rings (SSSR count). The quantitative estimate of drug-likeness (QED) is 0.283. The van der Waals surface area contributed by atoms with Gasteiger partial charge in [0.1, 0.15) is 0 Å². The summed E-state index contributed by atoms with van der Waals surface area (Å²) in [5.74, 6) is 0.587. The van der Waals surface area contributed by atoms with Crippen LogP contribution in [0.1, 0.15) is 5.56 Å². The van der Waals surface area contributed by atoms with Crippen LogP contribution in [0.25, 0.3) is 10.2 Å². The first-order valence-electron chi connectivity index (χ1n) is 9.48. The van der Waals surface area contributed by atoms with Gasteiger partial charge in [-0.05, 0) is 48.0 Å². The summed E-state index contributed by atoms with van der Waals surface area (Å²) in [7, 11) is -3.66. The predicted molar refractivity (Wildman–Crippen MR) is 129 cm³/mol. The van der Waals surface area contributed by atoms with Gasteiger partial charge in [0.05, 0.1) is 21.7 Å². The topological polar surface area (TPSA) is 68.2 Å². The molecule has 0 atom stereocenters. The molecule has 0 bridgehead atoms. The lowest BCUT2D eigenvalue weighted by atomic mass is 10.2. The summed E-state index contributed by atoms with van der Waals surface area (Å²) in [5, 5.41) is 0.667. The number of thioether (sulfide) groups is 1. The number of fused-ring (bicyclic) bond motifs is 1. The summed E-state index contributed by atoms with van der Waals surface area (Å²) in [6.45, 7) is 0.741. The molecule has 4 aromatic rings. The van der Waals surface area contributed by atoms with Crippen molar-refractivity contribution in [1.82, 2.24) is 9.29 Å². The smallest absolute Gasteiger partial charge is 0.294 e. The van der Waals surface area contributed by atoms with Crippen LogP contribution >= 0.6 is 34.7 Å². The van der Waals surface area contributed by atoms with Gasteiger partial charge in [0.2, 0.25) is 10.0 Å². The van der Waals surface area contributed by atoms with E-state index in [1.165, 1.54) is 0 Å². The Hall–Kier alpha value is -2.10. The fraction of sp³-hybridized carbons (Fsp3) is 0.136. The van der Waals surface area contributed by atoms with Gasteiger partial charge in [-0.15, -0.1) is 11.8 Å². The van der Waals surface area contributed by atoms with Gasteiger partial charge in [-0.25, -0.2) is 13.1 Å². The largest absolute Gasteiger partial charge is 0.308 e. The molecule has 0 spiro atoms. The highest BCUT2D eigenvalue weighted by molar-refractivity contribution is 7.99. The van der Waals surface area contributed by atoms with E-state index >= 15 is 0 Å². The van der Waals surface area contributed by atoms with E-state index < -0.39 is 10.0 Å². The standard InChI is InChI=1S/C22H19ClN2O3S3/c23-17-6-8-18(9-7-17)29-13-12-24-31(27,28)19-10-11-20-21(14-19)30-22(26)25(20)15-16-4-2-1-3-5-16/h1-11,14,24H,12-13,15H2. The van der Waals surface area contributed by atoms with E-state index in [9.17, 15) is 13.2 Å². The number of halogens is 1. The first kappa shape index (κ1) is 22.1. The fourth-order valence-electron chi connectivity index (χ4n) is 3.09. The van der Waals surface area contributed by atoms with Gasteiger partial charge in [-0.1, -0.05) is 53.3 Å². The van der Waals surface area contributed by atoms with Crippen molar-refractivity contribution in [1.29, 1.82) is 0 Å². The summed E-state index contributed by atoms with van der Waals surface area (Å²) >= 11 is 8.47. The van der Waals surface area contributed by atoms with Gasteiger partial charge in [0.25, 0.3) is 0 Å². The molecular weight excluding hydrogens is 472 g/mol. The zero-order valence-electron chi connectivity index (χ0n) is 16.3. The maximum absolute atomic E-state index is 12.7. The Balaban J connectivity index is 1.45. The number of rotatable bonds is 8. The number of nitrogens with zero attached hydrogens (tertiary/aromatic N) is 1. The van der Waals surface area contributed by atoms with Crippen molar-refractivity contribution in [2.24, 2.45) is 0 Å². The van der Waals surface area contributed by atoms with Crippen molar-refractivity contribution in [3.8, 4) is 0 Å². The predicted octanol–water partition coefficient (Wildman–Crippen LogP) is 4.84. The number of sulfonamides is 1. The molecule has 0 fully saturated rings. The summed E-state index contributed by atoms with van der Waals surface area (Å²) in [4.78, 5) is 13.5. The van der Waals surface area contributed by atoms with E-state index in [1.807, 2.05) is 42.5 Å². The van der Waals surface area contributed by atoms with Crippen molar-refractivity contribution < 1.29 is 8.42 Å². The Bertz CT molecular complexity index is 1350. The molecule has 0 aliphatic rings. The van der Waals surface area contributed by atoms with Crippen LogP contribution in [-0.2, 0) is 16.6 Å². The number of thiazole rings is 1. The van der Waals surface area contributed by atoms with E-state index in [0.29, 0.717) is 28.6 Å². The van der Waals surface area contributed by atoms with Crippen LogP contribution in [0.5, 0.6) is 0 Å². The van der Waals surface area contributed by atoms with Gasteiger partial charge >= 0.3 is 4.87 Å². The number of nitrogens with one attached hydrogen (secondary N) is 1. The molecule has 0 saturated carbocycles. The monoisotopic (exact) mass is 490 g/mol. The maximum atomic E-state index is 12.7. The van der Waals surface area contributed by atoms with Gasteiger partial charge in [-0.3, -0.25) is 9.36 Å². The van der Waals surface area contributed by atoms with Crippen LogP contribution in [0.2, 0.25) is 5.02 Å². The van der Waals surface area contributed by atoms with E-state index in [2.05, 4.69) is 4.72 Å². The number of aromatic nitrogens is 1. The third kappa shape index (κ3) is 5.39. The first-order valence-corrected chi connectivity index (χ1v) is 13.1.